The van der Waals surface area contributed by atoms with Crippen molar-refractivity contribution in [1.82, 2.24) is 14.5 Å². The number of ether oxygens (including phenoxy) is 2. The van der Waals surface area contributed by atoms with Gasteiger partial charge in [0.05, 0.1) is 17.1 Å². The summed E-state index contributed by atoms with van der Waals surface area (Å²) in [5, 5.41) is 7.42. The molecule has 0 bridgehead atoms. The second kappa shape index (κ2) is 5.82. The van der Waals surface area contributed by atoms with E-state index >= 15 is 0 Å². The fourth-order valence-electron chi connectivity index (χ4n) is 3.05. The highest BCUT2D eigenvalue weighted by atomic mass is 35.5. The molecule has 9 heteroatoms. The van der Waals surface area contributed by atoms with Crippen molar-refractivity contribution >= 4 is 21.6 Å². The number of aromatic amines is 1. The van der Waals surface area contributed by atoms with Crippen LogP contribution in [-0.4, -0.2) is 41.5 Å². The number of sulfonamides is 1. The number of rotatable bonds is 3. The number of halogens is 1. The fraction of sp³-hybridized carbons (Fsp3) is 0.400. The fourth-order valence-corrected chi connectivity index (χ4v) is 4.77. The summed E-state index contributed by atoms with van der Waals surface area (Å²) in [4.78, 5) is 0.191. The van der Waals surface area contributed by atoms with Crippen LogP contribution >= 0.6 is 11.6 Å². The molecule has 7 nitrogen and oxygen atoms in total. The molecule has 2 aliphatic heterocycles. The lowest BCUT2D eigenvalue weighted by molar-refractivity contribution is -0.389. The van der Waals surface area contributed by atoms with Crippen molar-refractivity contribution in [2.75, 3.05) is 0 Å². The lowest BCUT2D eigenvalue weighted by Gasteiger charge is -2.44. The Labute approximate surface area is 144 Å². The van der Waals surface area contributed by atoms with Crippen molar-refractivity contribution in [2.45, 2.75) is 43.4 Å². The molecular formula is C15H16ClN3O4S. The van der Waals surface area contributed by atoms with Crippen molar-refractivity contribution < 1.29 is 17.9 Å². The van der Waals surface area contributed by atoms with Gasteiger partial charge in [-0.05, 0) is 31.2 Å². The Morgan fingerprint density at radius 2 is 2.00 bits per heavy atom. The SMILES string of the molecule is CC1OC([C@@H]2Cc3[nH]ncc3CN2S(=O)(=O)c2ccc(Cl)cc2)O1. The van der Waals surface area contributed by atoms with Gasteiger partial charge in [0.1, 0.15) is 0 Å². The molecule has 24 heavy (non-hydrogen) atoms. The Kier molecular flexibility index (Phi) is 3.89. The number of benzene rings is 1. The minimum absolute atomic E-state index is 0.191. The van der Waals surface area contributed by atoms with Crippen LogP contribution in [0.3, 0.4) is 0 Å². The summed E-state index contributed by atoms with van der Waals surface area (Å²) in [6, 6.07) is 5.69. The van der Waals surface area contributed by atoms with Crippen molar-refractivity contribution in [1.29, 1.82) is 0 Å². The Balaban J connectivity index is 1.71. The third-order valence-electron chi connectivity index (χ3n) is 4.30. The number of hydrogen-bond acceptors (Lipinski definition) is 5. The molecule has 3 heterocycles. The first kappa shape index (κ1) is 16.0. The molecule has 0 unspecified atom stereocenters. The Hall–Kier alpha value is -1.45. The molecular weight excluding hydrogens is 354 g/mol. The smallest absolute Gasteiger partial charge is 0.243 e. The molecule has 2 aliphatic rings. The van der Waals surface area contributed by atoms with E-state index in [4.69, 9.17) is 21.1 Å². The molecule has 0 saturated carbocycles. The van der Waals surface area contributed by atoms with Gasteiger partial charge in [-0.2, -0.15) is 9.40 Å². The number of H-pyrrole nitrogens is 1. The molecule has 1 atom stereocenters. The van der Waals surface area contributed by atoms with E-state index in [2.05, 4.69) is 10.2 Å². The zero-order valence-electron chi connectivity index (χ0n) is 12.8. The first-order valence-electron chi connectivity index (χ1n) is 7.54. The molecule has 128 valence electrons. The summed E-state index contributed by atoms with van der Waals surface area (Å²) in [6.07, 6.45) is 1.21. The highest BCUT2D eigenvalue weighted by molar-refractivity contribution is 7.89. The van der Waals surface area contributed by atoms with Gasteiger partial charge in [-0.1, -0.05) is 11.6 Å². The Bertz CT molecular complexity index is 846. The van der Waals surface area contributed by atoms with Crippen LogP contribution in [-0.2, 0) is 32.5 Å². The predicted octanol–water partition coefficient (Wildman–Crippen LogP) is 1.90. The van der Waals surface area contributed by atoms with E-state index in [9.17, 15) is 8.42 Å². The predicted molar refractivity (Wildman–Crippen MR) is 85.7 cm³/mol. The highest BCUT2D eigenvalue weighted by Crippen LogP contribution is 2.34. The molecule has 1 aromatic carbocycles. The summed E-state index contributed by atoms with van der Waals surface area (Å²) in [5.41, 5.74) is 1.77. The van der Waals surface area contributed by atoms with E-state index in [-0.39, 0.29) is 17.7 Å². The molecule has 1 fully saturated rings. The van der Waals surface area contributed by atoms with Crippen LogP contribution in [0.4, 0.5) is 0 Å². The van der Waals surface area contributed by atoms with Gasteiger partial charge in [0.25, 0.3) is 0 Å². The van der Waals surface area contributed by atoms with Crippen LogP contribution in [0.25, 0.3) is 0 Å². The van der Waals surface area contributed by atoms with Gasteiger partial charge < -0.3 is 9.47 Å². The molecule has 1 N–H and O–H groups in total. The van der Waals surface area contributed by atoms with Gasteiger partial charge in [-0.15, -0.1) is 0 Å². The van der Waals surface area contributed by atoms with E-state index < -0.39 is 22.4 Å². The maximum atomic E-state index is 13.1. The minimum Gasteiger partial charge on any atom is -0.322 e. The molecule has 4 rings (SSSR count). The minimum atomic E-state index is -3.71. The summed E-state index contributed by atoms with van der Waals surface area (Å²) in [6.45, 7) is 2.00. The van der Waals surface area contributed by atoms with Crippen molar-refractivity contribution in [3.63, 3.8) is 0 Å². The van der Waals surface area contributed by atoms with E-state index in [0.29, 0.717) is 11.4 Å². The van der Waals surface area contributed by atoms with Gasteiger partial charge in [0.2, 0.25) is 10.0 Å². The topological polar surface area (TPSA) is 84.5 Å². The summed E-state index contributed by atoms with van der Waals surface area (Å²) >= 11 is 5.87. The molecule has 1 aromatic heterocycles. The Morgan fingerprint density at radius 1 is 1.29 bits per heavy atom. The van der Waals surface area contributed by atoms with E-state index in [1.165, 1.54) is 16.4 Å². The maximum absolute atomic E-state index is 13.1. The average Bonchev–Trinajstić information content (AvgIpc) is 2.98. The summed E-state index contributed by atoms with van der Waals surface area (Å²) in [7, 11) is -3.71. The number of nitrogens with one attached hydrogen (secondary N) is 1. The van der Waals surface area contributed by atoms with Gasteiger partial charge in [0.15, 0.2) is 12.6 Å². The molecule has 0 amide bonds. The van der Waals surface area contributed by atoms with Crippen LogP contribution in [0.5, 0.6) is 0 Å². The second-order valence-electron chi connectivity index (χ2n) is 5.86. The summed E-state index contributed by atoms with van der Waals surface area (Å²) < 4.78 is 38.8. The normalized spacial score (nSPS) is 27.5. The van der Waals surface area contributed by atoms with E-state index in [1.54, 1.807) is 25.3 Å². The molecule has 0 radical (unpaired) electrons. The van der Waals surface area contributed by atoms with Crippen LogP contribution in [0.1, 0.15) is 18.2 Å². The number of hydrogen-bond donors (Lipinski definition) is 1. The number of aromatic nitrogens is 2. The highest BCUT2D eigenvalue weighted by Gasteiger charge is 2.45. The third kappa shape index (κ3) is 2.64. The van der Waals surface area contributed by atoms with Gasteiger partial charge in [0, 0.05) is 29.2 Å². The lowest BCUT2D eigenvalue weighted by Crippen LogP contribution is -2.57. The largest absolute Gasteiger partial charge is 0.322 e. The van der Waals surface area contributed by atoms with Crippen molar-refractivity contribution in [3.05, 3.63) is 46.7 Å². The Morgan fingerprint density at radius 3 is 2.67 bits per heavy atom. The van der Waals surface area contributed by atoms with E-state index in [0.717, 1.165) is 11.3 Å². The number of nitrogens with zero attached hydrogens (tertiary/aromatic N) is 2. The van der Waals surface area contributed by atoms with Crippen molar-refractivity contribution in [2.24, 2.45) is 0 Å². The van der Waals surface area contributed by atoms with Crippen LogP contribution in [0, 0.1) is 0 Å². The maximum Gasteiger partial charge on any atom is 0.243 e. The average molecular weight is 370 g/mol. The van der Waals surface area contributed by atoms with Gasteiger partial charge in [-0.3, -0.25) is 5.10 Å². The van der Waals surface area contributed by atoms with Crippen molar-refractivity contribution in [3.8, 4) is 0 Å². The first-order chi connectivity index (χ1) is 11.4. The molecule has 2 aromatic rings. The van der Waals surface area contributed by atoms with Crippen LogP contribution in [0.2, 0.25) is 5.02 Å². The zero-order valence-corrected chi connectivity index (χ0v) is 14.4. The first-order valence-corrected chi connectivity index (χ1v) is 9.36. The quantitative estimate of drug-likeness (QED) is 0.893. The third-order valence-corrected chi connectivity index (χ3v) is 6.44. The standard InChI is InChI=1S/C15H16ClN3O4S/c1-9-22-15(23-9)14-6-13-10(7-17-18-13)8-19(14)24(20,21)12-4-2-11(16)3-5-12/h2-5,7,9,14-15H,6,8H2,1H3,(H,17,18)/t9?,14-,15?/m0/s1. The lowest BCUT2D eigenvalue weighted by atomic mass is 10.0. The van der Waals surface area contributed by atoms with Gasteiger partial charge >= 0.3 is 0 Å². The molecule has 0 spiro atoms. The number of fused-ring (bicyclic) bond motifs is 1. The molecule has 1 saturated heterocycles. The second-order valence-corrected chi connectivity index (χ2v) is 8.18. The van der Waals surface area contributed by atoms with Gasteiger partial charge in [-0.25, -0.2) is 8.42 Å². The van der Waals surface area contributed by atoms with Crippen LogP contribution in [0.15, 0.2) is 35.4 Å². The zero-order chi connectivity index (χ0) is 16.9. The van der Waals surface area contributed by atoms with E-state index in [1.807, 2.05) is 0 Å². The summed E-state index contributed by atoms with van der Waals surface area (Å²) in [5.74, 6) is 0. The monoisotopic (exact) mass is 369 g/mol. The molecule has 0 aliphatic carbocycles. The van der Waals surface area contributed by atoms with Crippen LogP contribution < -0.4 is 0 Å².